The van der Waals surface area contributed by atoms with E-state index in [2.05, 4.69) is 30.0 Å². The first-order valence-electron chi connectivity index (χ1n) is 8.98. The highest BCUT2D eigenvalue weighted by molar-refractivity contribution is 7.80. The maximum Gasteiger partial charge on any atom is 0.238 e. The first-order chi connectivity index (χ1) is 12.0. The molecule has 0 aliphatic heterocycles. The number of carbonyl (C=O) groups is 1. The Morgan fingerprint density at radius 3 is 2.76 bits per heavy atom. The standard InChI is InChI=1S/C19H29N3O2S/c1-13-7-6-9-16(14(13)2)20-19(25)22-21-18(23)12-11-15-8-4-5-10-17(15)24-3/h4-5,8,10,13-14,16H,6-7,9,11-12H2,1-3H3,(H,21,23)(H2,20,22,25)/t13-,14-,16+/m1/s1. The van der Waals surface area contributed by atoms with Gasteiger partial charge in [0.1, 0.15) is 5.75 Å². The van der Waals surface area contributed by atoms with Gasteiger partial charge in [-0.25, -0.2) is 0 Å². The van der Waals surface area contributed by atoms with E-state index in [4.69, 9.17) is 17.0 Å². The van der Waals surface area contributed by atoms with Crippen molar-refractivity contribution in [2.75, 3.05) is 7.11 Å². The van der Waals surface area contributed by atoms with Gasteiger partial charge in [0, 0.05) is 12.5 Å². The van der Waals surface area contributed by atoms with Gasteiger partial charge in [0.25, 0.3) is 0 Å². The molecule has 0 unspecified atom stereocenters. The van der Waals surface area contributed by atoms with Crippen molar-refractivity contribution in [2.45, 2.75) is 52.0 Å². The number of methoxy groups -OCH3 is 1. The smallest absolute Gasteiger partial charge is 0.238 e. The van der Waals surface area contributed by atoms with E-state index < -0.39 is 0 Å². The highest BCUT2D eigenvalue weighted by atomic mass is 32.1. The molecular formula is C19H29N3O2S. The summed E-state index contributed by atoms with van der Waals surface area (Å²) in [6, 6.07) is 8.10. The first kappa shape index (κ1) is 19.5. The van der Waals surface area contributed by atoms with Crippen molar-refractivity contribution in [2.24, 2.45) is 11.8 Å². The summed E-state index contributed by atoms with van der Waals surface area (Å²) in [7, 11) is 1.64. The molecule has 1 aromatic rings. The molecule has 0 aromatic heterocycles. The molecule has 1 aromatic carbocycles. The summed E-state index contributed by atoms with van der Waals surface area (Å²) in [6.07, 6.45) is 4.60. The van der Waals surface area contributed by atoms with Crippen LogP contribution in [0.2, 0.25) is 0 Å². The van der Waals surface area contributed by atoms with E-state index in [0.29, 0.717) is 35.8 Å². The molecule has 1 saturated carbocycles. The normalized spacial score (nSPS) is 22.8. The van der Waals surface area contributed by atoms with Crippen LogP contribution in [-0.4, -0.2) is 24.2 Å². The summed E-state index contributed by atoms with van der Waals surface area (Å²) in [6.45, 7) is 4.55. The zero-order valence-corrected chi connectivity index (χ0v) is 16.1. The van der Waals surface area contributed by atoms with Gasteiger partial charge >= 0.3 is 0 Å². The fourth-order valence-electron chi connectivity index (χ4n) is 3.34. The summed E-state index contributed by atoms with van der Waals surface area (Å²) in [5.74, 6) is 1.99. The molecule has 3 atom stereocenters. The molecule has 6 heteroatoms. The molecule has 25 heavy (non-hydrogen) atoms. The van der Waals surface area contributed by atoms with Crippen LogP contribution in [0.25, 0.3) is 0 Å². The van der Waals surface area contributed by atoms with Gasteiger partial charge < -0.3 is 10.1 Å². The minimum absolute atomic E-state index is 0.0971. The zero-order chi connectivity index (χ0) is 18.2. The molecule has 0 bridgehead atoms. The Labute approximate surface area is 155 Å². The van der Waals surface area contributed by atoms with Crippen LogP contribution < -0.4 is 20.9 Å². The van der Waals surface area contributed by atoms with Crippen LogP contribution in [0.15, 0.2) is 24.3 Å². The highest BCUT2D eigenvalue weighted by Crippen LogP contribution is 2.29. The third kappa shape index (κ3) is 5.88. The molecule has 5 nitrogen and oxygen atoms in total. The van der Waals surface area contributed by atoms with Crippen molar-refractivity contribution in [3.05, 3.63) is 29.8 Å². The average molecular weight is 364 g/mol. The molecule has 1 fully saturated rings. The molecular weight excluding hydrogens is 334 g/mol. The molecule has 0 saturated heterocycles. The molecule has 1 amide bonds. The van der Waals surface area contributed by atoms with Crippen LogP contribution in [0.4, 0.5) is 0 Å². The maximum absolute atomic E-state index is 12.0. The van der Waals surface area contributed by atoms with Crippen molar-refractivity contribution >= 4 is 23.2 Å². The Balaban J connectivity index is 1.71. The quantitative estimate of drug-likeness (QED) is 0.555. The number of ether oxygens (including phenoxy) is 1. The van der Waals surface area contributed by atoms with Gasteiger partial charge in [0.15, 0.2) is 5.11 Å². The van der Waals surface area contributed by atoms with Crippen LogP contribution in [0.5, 0.6) is 5.75 Å². The van der Waals surface area contributed by atoms with Gasteiger partial charge in [-0.3, -0.25) is 15.6 Å². The Bertz CT molecular complexity index is 594. The van der Waals surface area contributed by atoms with Gasteiger partial charge in [0.05, 0.1) is 7.11 Å². The lowest BCUT2D eigenvalue weighted by atomic mass is 9.78. The fraction of sp³-hybridized carbons (Fsp3) is 0.579. The summed E-state index contributed by atoms with van der Waals surface area (Å²) in [5.41, 5.74) is 6.51. The van der Waals surface area contributed by atoms with Crippen LogP contribution in [0.3, 0.4) is 0 Å². The Morgan fingerprint density at radius 2 is 2.00 bits per heavy atom. The first-order valence-corrected chi connectivity index (χ1v) is 9.39. The summed E-state index contributed by atoms with van der Waals surface area (Å²) >= 11 is 5.31. The van der Waals surface area contributed by atoms with Crippen LogP contribution >= 0.6 is 12.2 Å². The largest absolute Gasteiger partial charge is 0.496 e. The van der Waals surface area contributed by atoms with E-state index in [1.165, 1.54) is 12.8 Å². The molecule has 0 spiro atoms. The molecule has 138 valence electrons. The predicted octanol–water partition coefficient (Wildman–Crippen LogP) is 2.95. The number of hydrogen-bond donors (Lipinski definition) is 3. The van der Waals surface area contributed by atoms with E-state index in [1.54, 1.807) is 7.11 Å². The number of rotatable bonds is 5. The Hall–Kier alpha value is -1.82. The second-order valence-corrected chi connectivity index (χ2v) is 7.24. The number of para-hydroxylation sites is 1. The highest BCUT2D eigenvalue weighted by Gasteiger charge is 2.27. The average Bonchev–Trinajstić information content (AvgIpc) is 2.62. The lowest BCUT2D eigenvalue weighted by molar-refractivity contribution is -0.121. The monoisotopic (exact) mass is 363 g/mol. The summed E-state index contributed by atoms with van der Waals surface area (Å²) < 4.78 is 5.30. The van der Waals surface area contributed by atoms with Crippen molar-refractivity contribution in [1.29, 1.82) is 0 Å². The number of hydrogen-bond acceptors (Lipinski definition) is 3. The zero-order valence-electron chi connectivity index (χ0n) is 15.3. The summed E-state index contributed by atoms with van der Waals surface area (Å²) in [5, 5.41) is 3.81. The van der Waals surface area contributed by atoms with E-state index in [1.807, 2.05) is 24.3 Å². The van der Waals surface area contributed by atoms with E-state index >= 15 is 0 Å². The van der Waals surface area contributed by atoms with Crippen molar-refractivity contribution in [1.82, 2.24) is 16.2 Å². The lowest BCUT2D eigenvalue weighted by Gasteiger charge is -2.35. The van der Waals surface area contributed by atoms with Crippen LogP contribution in [0.1, 0.15) is 45.1 Å². The number of aryl methyl sites for hydroxylation is 1. The second-order valence-electron chi connectivity index (χ2n) is 6.83. The van der Waals surface area contributed by atoms with Gasteiger partial charge in [0.2, 0.25) is 5.91 Å². The van der Waals surface area contributed by atoms with Crippen molar-refractivity contribution in [3.8, 4) is 5.75 Å². The van der Waals surface area contributed by atoms with Crippen LogP contribution in [-0.2, 0) is 11.2 Å². The van der Waals surface area contributed by atoms with Gasteiger partial charge in [-0.1, -0.05) is 44.9 Å². The SMILES string of the molecule is COc1ccccc1CCC(=O)NNC(=S)N[C@H]1CCC[C@@H](C)[C@H]1C. The van der Waals surface area contributed by atoms with Crippen molar-refractivity contribution < 1.29 is 9.53 Å². The minimum Gasteiger partial charge on any atom is -0.496 e. The molecule has 2 rings (SSSR count). The third-order valence-electron chi connectivity index (χ3n) is 5.15. The maximum atomic E-state index is 12.0. The number of nitrogens with one attached hydrogen (secondary N) is 3. The number of thiocarbonyl (C=S) groups is 1. The Kier molecular flexibility index (Phi) is 7.50. The molecule has 0 radical (unpaired) electrons. The Morgan fingerprint density at radius 1 is 1.24 bits per heavy atom. The fourth-order valence-corrected chi connectivity index (χ4v) is 3.54. The number of benzene rings is 1. The molecule has 0 heterocycles. The lowest BCUT2D eigenvalue weighted by Crippen LogP contribution is -2.52. The van der Waals surface area contributed by atoms with E-state index in [-0.39, 0.29) is 5.91 Å². The minimum atomic E-state index is -0.0971. The third-order valence-corrected chi connectivity index (χ3v) is 5.37. The predicted molar refractivity (Wildman–Crippen MR) is 104 cm³/mol. The molecule has 3 N–H and O–H groups in total. The van der Waals surface area contributed by atoms with Crippen molar-refractivity contribution in [3.63, 3.8) is 0 Å². The number of carbonyl (C=O) groups excluding carboxylic acids is 1. The van der Waals surface area contributed by atoms with E-state index in [9.17, 15) is 4.79 Å². The van der Waals surface area contributed by atoms with E-state index in [0.717, 1.165) is 17.7 Å². The molecule has 1 aliphatic rings. The van der Waals surface area contributed by atoms with Gasteiger partial charge in [-0.05, 0) is 48.5 Å². The molecule has 1 aliphatic carbocycles. The van der Waals surface area contributed by atoms with Gasteiger partial charge in [-0.15, -0.1) is 0 Å². The number of hydrazine groups is 1. The van der Waals surface area contributed by atoms with Crippen LogP contribution in [0, 0.1) is 11.8 Å². The topological polar surface area (TPSA) is 62.4 Å². The second kappa shape index (κ2) is 9.61. The number of amides is 1. The van der Waals surface area contributed by atoms with Gasteiger partial charge in [-0.2, -0.15) is 0 Å². The summed E-state index contributed by atoms with van der Waals surface area (Å²) in [4.78, 5) is 12.0.